The minimum Gasteiger partial charge on any atom is -0.451 e. The Labute approximate surface area is 139 Å². The van der Waals surface area contributed by atoms with Gasteiger partial charge < -0.3 is 19.1 Å². The molecule has 1 N–H and O–H groups in total. The fraction of sp³-hybridized carbons (Fsp3) is 0.438. The standard InChI is InChI=1S/C16H21N3O5/c1-22-9-7-19(8-10-23-2)14(20)11-24-16(21)15-12-5-3-4-6-13(12)17-18-15/h3-6H,7-11H2,1-2H3,(H,17,18). The number of nitrogens with zero attached hydrogens (tertiary/aromatic N) is 2. The number of hydrogen-bond acceptors (Lipinski definition) is 6. The molecular formula is C16H21N3O5. The van der Waals surface area contributed by atoms with E-state index < -0.39 is 5.97 Å². The Morgan fingerprint density at radius 3 is 2.46 bits per heavy atom. The van der Waals surface area contributed by atoms with Gasteiger partial charge in [-0.2, -0.15) is 5.10 Å². The van der Waals surface area contributed by atoms with Crippen LogP contribution in [0.2, 0.25) is 0 Å². The van der Waals surface area contributed by atoms with Crippen LogP contribution in [0.3, 0.4) is 0 Å². The minimum atomic E-state index is -0.640. The molecule has 1 aromatic carbocycles. The summed E-state index contributed by atoms with van der Waals surface area (Å²) in [5.41, 5.74) is 0.899. The summed E-state index contributed by atoms with van der Waals surface area (Å²) in [6, 6.07) is 7.21. The highest BCUT2D eigenvalue weighted by molar-refractivity contribution is 6.02. The first-order chi connectivity index (χ1) is 11.7. The number of ether oxygens (including phenoxy) is 3. The number of esters is 1. The van der Waals surface area contributed by atoms with Gasteiger partial charge in [0.2, 0.25) is 0 Å². The molecule has 0 aliphatic rings. The predicted molar refractivity (Wildman–Crippen MR) is 86.7 cm³/mol. The van der Waals surface area contributed by atoms with Crippen molar-refractivity contribution in [1.29, 1.82) is 0 Å². The number of nitrogens with one attached hydrogen (secondary N) is 1. The second kappa shape index (κ2) is 8.99. The highest BCUT2D eigenvalue weighted by atomic mass is 16.5. The normalized spacial score (nSPS) is 10.8. The second-order valence-electron chi connectivity index (χ2n) is 5.06. The first kappa shape index (κ1) is 17.9. The van der Waals surface area contributed by atoms with Crippen molar-refractivity contribution in [3.63, 3.8) is 0 Å². The van der Waals surface area contributed by atoms with Crippen molar-refractivity contribution in [1.82, 2.24) is 15.1 Å². The lowest BCUT2D eigenvalue weighted by atomic mass is 10.2. The van der Waals surface area contributed by atoms with Crippen LogP contribution < -0.4 is 0 Å². The minimum absolute atomic E-state index is 0.165. The van der Waals surface area contributed by atoms with E-state index in [1.54, 1.807) is 26.4 Å². The molecule has 1 heterocycles. The summed E-state index contributed by atoms with van der Waals surface area (Å²) in [7, 11) is 3.11. The Bertz CT molecular complexity index is 677. The SMILES string of the molecule is COCCN(CCOC)C(=O)COC(=O)c1n[nH]c2ccccc12. The lowest BCUT2D eigenvalue weighted by Crippen LogP contribution is -2.39. The van der Waals surface area contributed by atoms with Gasteiger partial charge in [-0.25, -0.2) is 4.79 Å². The zero-order valence-electron chi connectivity index (χ0n) is 13.8. The fourth-order valence-corrected chi connectivity index (χ4v) is 2.17. The summed E-state index contributed by atoms with van der Waals surface area (Å²) >= 11 is 0. The van der Waals surface area contributed by atoms with Crippen LogP contribution in [-0.2, 0) is 19.0 Å². The fourth-order valence-electron chi connectivity index (χ4n) is 2.17. The van der Waals surface area contributed by atoms with Gasteiger partial charge in [0.15, 0.2) is 12.3 Å². The molecule has 0 fully saturated rings. The number of aromatic nitrogens is 2. The van der Waals surface area contributed by atoms with Crippen LogP contribution >= 0.6 is 0 Å². The third-order valence-corrected chi connectivity index (χ3v) is 3.47. The van der Waals surface area contributed by atoms with E-state index in [0.717, 1.165) is 5.52 Å². The maximum absolute atomic E-state index is 12.2. The van der Waals surface area contributed by atoms with Gasteiger partial charge in [0.25, 0.3) is 5.91 Å². The molecule has 2 aromatic rings. The van der Waals surface area contributed by atoms with Gasteiger partial charge in [-0.15, -0.1) is 0 Å². The van der Waals surface area contributed by atoms with Gasteiger partial charge in [0.1, 0.15) is 0 Å². The van der Waals surface area contributed by atoms with Crippen molar-refractivity contribution in [3.05, 3.63) is 30.0 Å². The van der Waals surface area contributed by atoms with Gasteiger partial charge >= 0.3 is 5.97 Å². The van der Waals surface area contributed by atoms with Crippen LogP contribution in [0.4, 0.5) is 0 Å². The number of H-pyrrole nitrogens is 1. The highest BCUT2D eigenvalue weighted by Gasteiger charge is 2.19. The molecule has 1 amide bonds. The van der Waals surface area contributed by atoms with Gasteiger partial charge in [-0.05, 0) is 6.07 Å². The number of hydrogen-bond donors (Lipinski definition) is 1. The molecule has 0 saturated heterocycles. The van der Waals surface area contributed by atoms with Crippen molar-refractivity contribution < 1.29 is 23.8 Å². The molecule has 2 rings (SSSR count). The molecular weight excluding hydrogens is 314 g/mol. The number of carbonyl (C=O) groups excluding carboxylic acids is 2. The molecule has 1 aromatic heterocycles. The lowest BCUT2D eigenvalue weighted by molar-refractivity contribution is -0.135. The smallest absolute Gasteiger partial charge is 0.359 e. The molecule has 8 nitrogen and oxygen atoms in total. The van der Waals surface area contributed by atoms with Crippen LogP contribution in [0.1, 0.15) is 10.5 Å². The van der Waals surface area contributed by atoms with Gasteiger partial charge in [-0.3, -0.25) is 9.89 Å². The Kier molecular flexibility index (Phi) is 6.71. The third kappa shape index (κ3) is 4.53. The summed E-state index contributed by atoms with van der Waals surface area (Å²) in [6.45, 7) is 1.25. The quantitative estimate of drug-likeness (QED) is 0.683. The van der Waals surface area contributed by atoms with Gasteiger partial charge in [-0.1, -0.05) is 18.2 Å². The summed E-state index contributed by atoms with van der Waals surface area (Å²) in [5, 5.41) is 7.37. The summed E-state index contributed by atoms with van der Waals surface area (Å²) < 4.78 is 15.1. The molecule has 130 valence electrons. The number of fused-ring (bicyclic) bond motifs is 1. The molecule has 0 unspecified atom stereocenters. The van der Waals surface area contributed by atoms with E-state index >= 15 is 0 Å². The van der Waals surface area contributed by atoms with E-state index in [1.807, 2.05) is 12.1 Å². The van der Waals surface area contributed by atoms with Crippen molar-refractivity contribution in [2.45, 2.75) is 0 Å². The van der Waals surface area contributed by atoms with E-state index in [-0.39, 0.29) is 18.2 Å². The second-order valence-corrected chi connectivity index (χ2v) is 5.06. The molecule has 8 heteroatoms. The number of amides is 1. The van der Waals surface area contributed by atoms with Gasteiger partial charge in [0, 0.05) is 32.7 Å². The summed E-state index contributed by atoms with van der Waals surface area (Å²) in [6.07, 6.45) is 0. The Hall–Kier alpha value is -2.45. The van der Waals surface area contributed by atoms with Crippen LogP contribution in [0.15, 0.2) is 24.3 Å². The molecule has 0 radical (unpaired) electrons. The Morgan fingerprint density at radius 1 is 1.12 bits per heavy atom. The molecule has 24 heavy (non-hydrogen) atoms. The van der Waals surface area contributed by atoms with Crippen LogP contribution in [0.5, 0.6) is 0 Å². The topological polar surface area (TPSA) is 93.8 Å². The van der Waals surface area contributed by atoms with Crippen molar-refractivity contribution in [3.8, 4) is 0 Å². The van der Waals surface area contributed by atoms with E-state index in [1.165, 1.54) is 4.90 Å². The van der Waals surface area contributed by atoms with Crippen molar-refractivity contribution in [2.75, 3.05) is 47.1 Å². The maximum atomic E-state index is 12.2. The number of aromatic amines is 1. The van der Waals surface area contributed by atoms with Crippen LogP contribution in [-0.4, -0.2) is 74.1 Å². The van der Waals surface area contributed by atoms with Crippen molar-refractivity contribution in [2.24, 2.45) is 0 Å². The Morgan fingerprint density at radius 2 is 1.79 bits per heavy atom. The van der Waals surface area contributed by atoms with Crippen molar-refractivity contribution >= 4 is 22.8 Å². The zero-order valence-corrected chi connectivity index (χ0v) is 13.8. The summed E-state index contributed by atoms with van der Waals surface area (Å²) in [4.78, 5) is 25.9. The average Bonchev–Trinajstić information content (AvgIpc) is 3.03. The van der Waals surface area contributed by atoms with E-state index in [4.69, 9.17) is 14.2 Å². The molecule has 0 aliphatic carbocycles. The van der Waals surface area contributed by atoms with Crippen LogP contribution in [0.25, 0.3) is 10.9 Å². The first-order valence-electron chi connectivity index (χ1n) is 7.53. The third-order valence-electron chi connectivity index (χ3n) is 3.47. The first-order valence-corrected chi connectivity index (χ1v) is 7.53. The number of rotatable bonds is 9. The highest BCUT2D eigenvalue weighted by Crippen LogP contribution is 2.15. The van der Waals surface area contributed by atoms with E-state index in [0.29, 0.717) is 31.7 Å². The van der Waals surface area contributed by atoms with Crippen LogP contribution in [0, 0.1) is 0 Å². The monoisotopic (exact) mass is 335 g/mol. The molecule has 0 saturated carbocycles. The largest absolute Gasteiger partial charge is 0.451 e. The van der Waals surface area contributed by atoms with E-state index in [2.05, 4.69) is 10.2 Å². The lowest BCUT2D eigenvalue weighted by Gasteiger charge is -2.21. The van der Waals surface area contributed by atoms with E-state index in [9.17, 15) is 9.59 Å². The number of para-hydroxylation sites is 1. The maximum Gasteiger partial charge on any atom is 0.359 e. The molecule has 0 spiro atoms. The number of methoxy groups -OCH3 is 2. The average molecular weight is 335 g/mol. The predicted octanol–water partition coefficient (Wildman–Crippen LogP) is 0.841. The Balaban J connectivity index is 1.94. The number of carbonyl (C=O) groups is 2. The zero-order chi connectivity index (χ0) is 17.4. The summed E-state index contributed by atoms with van der Waals surface area (Å²) in [5.74, 6) is -0.948. The molecule has 0 bridgehead atoms. The number of benzene rings is 1. The molecule has 0 atom stereocenters. The van der Waals surface area contributed by atoms with Gasteiger partial charge in [0.05, 0.1) is 18.7 Å². The molecule has 0 aliphatic heterocycles.